The van der Waals surface area contributed by atoms with Crippen LogP contribution in [-0.4, -0.2) is 12.6 Å². The minimum Gasteiger partial charge on any atom is -0.462 e. The van der Waals surface area contributed by atoms with Gasteiger partial charge in [-0.25, -0.2) is 4.79 Å². The lowest BCUT2D eigenvalue weighted by atomic mass is 9.93. The molecule has 0 radical (unpaired) electrons. The van der Waals surface area contributed by atoms with Crippen molar-refractivity contribution in [2.24, 2.45) is 5.73 Å². The number of ether oxygens (including phenoxy) is 2. The number of nitrogens with two attached hydrogens (primary N) is 1. The van der Waals surface area contributed by atoms with E-state index in [2.05, 4.69) is 6.07 Å². The normalized spacial score (nSPS) is 16.3. The number of hydrogen-bond acceptors (Lipinski definition) is 7. The zero-order valence-corrected chi connectivity index (χ0v) is 15.1. The Labute approximate surface area is 147 Å². The SMILES string of the molecule is CCOC(=O)c1c(C)sc2c1OC(N)=C(C#N)[C@@H]2c1ccc(C)s1. The highest BCUT2D eigenvalue weighted by atomic mass is 32.1. The molecule has 2 aromatic rings. The van der Waals surface area contributed by atoms with Crippen molar-refractivity contribution in [3.8, 4) is 11.8 Å². The number of allylic oxidation sites excluding steroid dienone is 1. The molecule has 124 valence electrons. The van der Waals surface area contributed by atoms with E-state index in [1.165, 1.54) is 11.3 Å². The third kappa shape index (κ3) is 2.58. The first-order chi connectivity index (χ1) is 11.5. The average Bonchev–Trinajstić information content (AvgIpc) is 3.09. The number of carbonyl (C=O) groups is 1. The van der Waals surface area contributed by atoms with Crippen molar-refractivity contribution >= 4 is 28.6 Å². The predicted octanol–water partition coefficient (Wildman–Crippen LogP) is 3.82. The number of esters is 1. The lowest BCUT2D eigenvalue weighted by Gasteiger charge is -2.23. The van der Waals surface area contributed by atoms with Crippen molar-refractivity contribution in [3.63, 3.8) is 0 Å². The van der Waals surface area contributed by atoms with Crippen LogP contribution in [0.3, 0.4) is 0 Å². The first-order valence-electron chi connectivity index (χ1n) is 7.42. The van der Waals surface area contributed by atoms with Crippen LogP contribution in [0.15, 0.2) is 23.6 Å². The van der Waals surface area contributed by atoms with Gasteiger partial charge in [-0.3, -0.25) is 0 Å². The highest BCUT2D eigenvalue weighted by Gasteiger charge is 2.37. The Kier molecular flexibility index (Phi) is 4.35. The molecule has 0 aliphatic carbocycles. The fraction of sp³-hybridized carbons (Fsp3) is 0.294. The molecule has 1 atom stereocenters. The number of hydrogen-bond donors (Lipinski definition) is 1. The van der Waals surface area contributed by atoms with Crippen LogP contribution in [-0.2, 0) is 4.74 Å². The summed E-state index contributed by atoms with van der Waals surface area (Å²) >= 11 is 3.05. The van der Waals surface area contributed by atoms with Gasteiger partial charge in [0.15, 0.2) is 5.75 Å². The molecule has 24 heavy (non-hydrogen) atoms. The van der Waals surface area contributed by atoms with E-state index in [1.54, 1.807) is 18.3 Å². The van der Waals surface area contributed by atoms with Crippen molar-refractivity contribution in [2.75, 3.05) is 6.61 Å². The molecule has 0 amide bonds. The third-order valence-electron chi connectivity index (χ3n) is 3.74. The standard InChI is InChI=1S/C17H16N2O3S2/c1-4-21-17(20)12-9(3)24-15-13(11-6-5-8(2)23-11)10(7-18)16(19)22-14(12)15/h5-6,13H,4,19H2,1-3H3/t13-/m1/s1. The van der Waals surface area contributed by atoms with E-state index in [0.717, 1.165) is 19.5 Å². The highest BCUT2D eigenvalue weighted by molar-refractivity contribution is 7.14. The van der Waals surface area contributed by atoms with Crippen LogP contribution in [0.1, 0.15) is 42.7 Å². The number of nitriles is 1. The summed E-state index contributed by atoms with van der Waals surface area (Å²) in [5, 5.41) is 9.54. The number of rotatable bonds is 3. The van der Waals surface area contributed by atoms with E-state index in [-0.39, 0.29) is 18.4 Å². The Morgan fingerprint density at radius 1 is 1.42 bits per heavy atom. The van der Waals surface area contributed by atoms with Gasteiger partial charge in [-0.05, 0) is 32.9 Å². The van der Waals surface area contributed by atoms with E-state index >= 15 is 0 Å². The molecule has 2 N–H and O–H groups in total. The first-order valence-corrected chi connectivity index (χ1v) is 9.05. The first kappa shape index (κ1) is 16.6. The summed E-state index contributed by atoms with van der Waals surface area (Å²) in [5.41, 5.74) is 6.76. The smallest absolute Gasteiger partial charge is 0.343 e. The Bertz CT molecular complexity index is 886. The molecule has 2 aromatic heterocycles. The van der Waals surface area contributed by atoms with Crippen molar-refractivity contribution in [3.05, 3.63) is 48.7 Å². The molecule has 3 heterocycles. The largest absolute Gasteiger partial charge is 0.462 e. The lowest BCUT2D eigenvalue weighted by molar-refractivity contribution is 0.0522. The maximum Gasteiger partial charge on any atom is 0.343 e. The minimum absolute atomic E-state index is 0.0457. The average molecular weight is 360 g/mol. The van der Waals surface area contributed by atoms with Crippen molar-refractivity contribution in [1.29, 1.82) is 5.26 Å². The number of carbonyl (C=O) groups excluding carboxylic acids is 1. The molecule has 1 aliphatic rings. The van der Waals surface area contributed by atoms with Crippen LogP contribution < -0.4 is 10.5 Å². The summed E-state index contributed by atoms with van der Waals surface area (Å²) in [6.45, 7) is 5.90. The Morgan fingerprint density at radius 2 is 2.17 bits per heavy atom. The molecule has 0 spiro atoms. The van der Waals surface area contributed by atoms with Gasteiger partial charge in [0.05, 0.1) is 17.4 Å². The molecule has 0 bridgehead atoms. The fourth-order valence-electron chi connectivity index (χ4n) is 2.71. The molecule has 1 aliphatic heterocycles. The summed E-state index contributed by atoms with van der Waals surface area (Å²) in [7, 11) is 0. The maximum absolute atomic E-state index is 12.3. The second kappa shape index (κ2) is 6.30. The van der Waals surface area contributed by atoms with E-state index in [9.17, 15) is 10.1 Å². The van der Waals surface area contributed by atoms with Crippen LogP contribution in [0.2, 0.25) is 0 Å². The Hall–Kier alpha value is -2.30. The molecule has 7 heteroatoms. The van der Waals surface area contributed by atoms with Crippen LogP contribution in [0.25, 0.3) is 0 Å². The number of nitrogens with zero attached hydrogens (tertiary/aromatic N) is 1. The number of aryl methyl sites for hydroxylation is 2. The molecule has 0 fully saturated rings. The fourth-order valence-corrected chi connectivity index (χ4v) is 4.99. The zero-order valence-electron chi connectivity index (χ0n) is 13.5. The molecule has 0 saturated heterocycles. The Morgan fingerprint density at radius 3 is 2.75 bits per heavy atom. The van der Waals surface area contributed by atoms with E-state index in [0.29, 0.717) is 16.9 Å². The van der Waals surface area contributed by atoms with Gasteiger partial charge in [-0.2, -0.15) is 5.26 Å². The maximum atomic E-state index is 12.3. The zero-order chi connectivity index (χ0) is 17.4. The van der Waals surface area contributed by atoms with Gasteiger partial charge in [0.25, 0.3) is 0 Å². The quantitative estimate of drug-likeness (QED) is 0.841. The number of fused-ring (bicyclic) bond motifs is 1. The van der Waals surface area contributed by atoms with Gasteiger partial charge < -0.3 is 15.2 Å². The second-order valence-electron chi connectivity index (χ2n) is 5.32. The van der Waals surface area contributed by atoms with E-state index in [4.69, 9.17) is 15.2 Å². The van der Waals surface area contributed by atoms with Crippen LogP contribution in [0, 0.1) is 25.2 Å². The monoisotopic (exact) mass is 360 g/mol. The molecular formula is C17H16N2O3S2. The summed E-state index contributed by atoms with van der Waals surface area (Å²) < 4.78 is 10.8. The van der Waals surface area contributed by atoms with Crippen molar-refractivity contribution < 1.29 is 14.3 Å². The molecule has 5 nitrogen and oxygen atoms in total. The topological polar surface area (TPSA) is 85.3 Å². The van der Waals surface area contributed by atoms with Gasteiger partial charge in [0.1, 0.15) is 17.2 Å². The van der Waals surface area contributed by atoms with E-state index in [1.807, 2.05) is 26.0 Å². The van der Waals surface area contributed by atoms with Crippen molar-refractivity contribution in [1.82, 2.24) is 0 Å². The number of thiophene rings is 2. The molecular weight excluding hydrogens is 344 g/mol. The predicted molar refractivity (Wildman–Crippen MR) is 93.4 cm³/mol. The van der Waals surface area contributed by atoms with Crippen LogP contribution in [0.5, 0.6) is 5.75 Å². The molecule has 3 rings (SSSR count). The second-order valence-corrected chi connectivity index (χ2v) is 7.90. The lowest BCUT2D eigenvalue weighted by Crippen LogP contribution is -2.20. The third-order valence-corrected chi connectivity index (χ3v) is 5.96. The highest BCUT2D eigenvalue weighted by Crippen LogP contribution is 2.50. The summed E-state index contributed by atoms with van der Waals surface area (Å²) in [6.07, 6.45) is 0. The van der Waals surface area contributed by atoms with Gasteiger partial charge >= 0.3 is 5.97 Å². The van der Waals surface area contributed by atoms with Gasteiger partial charge in [-0.1, -0.05) is 0 Å². The molecule has 0 aromatic carbocycles. The summed E-state index contributed by atoms with van der Waals surface area (Å²) in [4.78, 5) is 16.1. The van der Waals surface area contributed by atoms with Gasteiger partial charge in [-0.15, -0.1) is 22.7 Å². The van der Waals surface area contributed by atoms with E-state index < -0.39 is 5.97 Å². The Balaban J connectivity index is 2.20. The van der Waals surface area contributed by atoms with Crippen molar-refractivity contribution in [2.45, 2.75) is 26.7 Å². The van der Waals surface area contributed by atoms with Gasteiger partial charge in [0.2, 0.25) is 5.88 Å². The molecule has 0 saturated carbocycles. The summed E-state index contributed by atoms with van der Waals surface area (Å²) in [6, 6.07) is 6.16. The minimum atomic E-state index is -0.429. The summed E-state index contributed by atoms with van der Waals surface area (Å²) in [5.74, 6) is -0.265. The van der Waals surface area contributed by atoms with Crippen LogP contribution in [0.4, 0.5) is 0 Å². The molecule has 0 unspecified atom stereocenters. The van der Waals surface area contributed by atoms with Crippen LogP contribution >= 0.6 is 22.7 Å². The van der Waals surface area contributed by atoms with Gasteiger partial charge in [0, 0.05) is 14.6 Å².